The van der Waals surface area contributed by atoms with Gasteiger partial charge in [-0.25, -0.2) is 13.2 Å². The van der Waals surface area contributed by atoms with Gasteiger partial charge < -0.3 is 19.5 Å². The van der Waals surface area contributed by atoms with Crippen LogP contribution in [-0.2, 0) is 30.9 Å². The maximum Gasteiger partial charge on any atom is 0.408 e. The van der Waals surface area contributed by atoms with Gasteiger partial charge in [-0.05, 0) is 72.8 Å². The van der Waals surface area contributed by atoms with Crippen LogP contribution in [0.5, 0.6) is 5.75 Å². The van der Waals surface area contributed by atoms with E-state index in [2.05, 4.69) is 10.2 Å². The van der Waals surface area contributed by atoms with Gasteiger partial charge in [0.15, 0.2) is 0 Å². The Bertz CT molecular complexity index is 1570. The molecule has 4 heterocycles. The monoisotopic (exact) mass is 619 g/mol. The van der Waals surface area contributed by atoms with Crippen LogP contribution in [0.3, 0.4) is 0 Å². The summed E-state index contributed by atoms with van der Waals surface area (Å²) in [4.78, 5) is 27.3. The van der Waals surface area contributed by atoms with Gasteiger partial charge in [0.1, 0.15) is 18.5 Å². The number of alkyl carbamates (subject to hydrolysis) is 1. The molecule has 2 bridgehead atoms. The van der Waals surface area contributed by atoms with Crippen LogP contribution in [0, 0.1) is 11.8 Å². The third-order valence-electron chi connectivity index (χ3n) is 8.79. The van der Waals surface area contributed by atoms with Crippen LogP contribution in [0.25, 0.3) is 0 Å². The first-order valence-electron chi connectivity index (χ1n) is 14.9. The van der Waals surface area contributed by atoms with E-state index in [0.717, 1.165) is 49.2 Å². The number of rotatable bonds is 10. The van der Waals surface area contributed by atoms with E-state index in [1.54, 1.807) is 24.3 Å². The molecule has 2 unspecified atom stereocenters. The quantitative estimate of drug-likeness (QED) is 0.339. The second-order valence-corrected chi connectivity index (χ2v) is 13.6. The maximum atomic E-state index is 13.1. The summed E-state index contributed by atoms with van der Waals surface area (Å²) in [5.74, 6) is 0.206. The highest BCUT2D eigenvalue weighted by Gasteiger charge is 2.41. The molecule has 4 aliphatic heterocycles. The van der Waals surface area contributed by atoms with Crippen molar-refractivity contribution >= 4 is 22.1 Å². The molecule has 232 valence electrons. The minimum Gasteiger partial charge on any atom is -0.489 e. The number of hydrogen-bond acceptors (Lipinski definition) is 8. The molecule has 3 aromatic rings. The van der Waals surface area contributed by atoms with Crippen LogP contribution in [-0.4, -0.2) is 75.6 Å². The van der Waals surface area contributed by atoms with Crippen LogP contribution < -0.4 is 10.1 Å². The molecular weight excluding hydrogens is 582 g/mol. The van der Waals surface area contributed by atoms with Crippen molar-refractivity contribution in [2.45, 2.75) is 36.5 Å². The Kier molecular flexibility index (Phi) is 8.88. The van der Waals surface area contributed by atoms with E-state index >= 15 is 0 Å². The van der Waals surface area contributed by atoms with E-state index in [0.29, 0.717) is 11.7 Å². The zero-order valence-corrected chi connectivity index (χ0v) is 25.4. The van der Waals surface area contributed by atoms with Crippen molar-refractivity contribution in [2.75, 3.05) is 39.8 Å². The van der Waals surface area contributed by atoms with Crippen molar-refractivity contribution < 1.29 is 32.2 Å². The van der Waals surface area contributed by atoms with Gasteiger partial charge in [0.2, 0.25) is 10.0 Å². The van der Waals surface area contributed by atoms with Gasteiger partial charge >= 0.3 is 12.1 Å². The number of benzene rings is 3. The average molecular weight is 620 g/mol. The fraction of sp³-hybridized carbons (Fsp3) is 0.394. The van der Waals surface area contributed by atoms with Crippen LogP contribution in [0.2, 0.25) is 0 Å². The lowest BCUT2D eigenvalue weighted by molar-refractivity contribution is -0.149. The highest BCUT2D eigenvalue weighted by atomic mass is 32.2. The van der Waals surface area contributed by atoms with Gasteiger partial charge in [0.05, 0.1) is 24.0 Å². The van der Waals surface area contributed by atoms with E-state index < -0.39 is 34.0 Å². The highest BCUT2D eigenvalue weighted by Crippen LogP contribution is 2.31. The minimum atomic E-state index is -3.69. The molecule has 0 spiro atoms. The summed E-state index contributed by atoms with van der Waals surface area (Å²) in [6.45, 7) is 3.40. The van der Waals surface area contributed by atoms with Crippen molar-refractivity contribution in [3.63, 3.8) is 0 Å². The number of nitrogens with one attached hydrogen (secondary N) is 1. The van der Waals surface area contributed by atoms with E-state index in [-0.39, 0.29) is 30.7 Å². The molecule has 7 rings (SSSR count). The summed E-state index contributed by atoms with van der Waals surface area (Å²) in [7, 11) is -2.39. The molecule has 1 N–H and O–H groups in total. The zero-order valence-electron chi connectivity index (χ0n) is 24.6. The maximum absolute atomic E-state index is 13.1. The van der Waals surface area contributed by atoms with Crippen molar-refractivity contribution in [1.82, 2.24) is 14.5 Å². The van der Waals surface area contributed by atoms with E-state index in [4.69, 9.17) is 14.2 Å². The first-order valence-corrected chi connectivity index (χ1v) is 16.4. The number of carbonyl (C=O) groups excluding carboxylic acids is 2. The van der Waals surface area contributed by atoms with Gasteiger partial charge in [0.25, 0.3) is 0 Å². The summed E-state index contributed by atoms with van der Waals surface area (Å²) < 4.78 is 43.8. The predicted octanol–water partition coefficient (Wildman–Crippen LogP) is 3.97. The van der Waals surface area contributed by atoms with Crippen LogP contribution >= 0.6 is 0 Å². The van der Waals surface area contributed by atoms with E-state index in [1.165, 1.54) is 11.4 Å². The van der Waals surface area contributed by atoms with Crippen molar-refractivity contribution in [2.24, 2.45) is 11.8 Å². The number of sulfonamides is 1. The highest BCUT2D eigenvalue weighted by molar-refractivity contribution is 7.89. The number of ether oxygens (including phenoxy) is 3. The van der Waals surface area contributed by atoms with E-state index in [9.17, 15) is 18.0 Å². The number of carbonyl (C=O) groups is 2. The minimum absolute atomic E-state index is 0.0901. The molecule has 1 amide bonds. The standard InChI is InChI=1S/C33H37N3O7S/c1-41-32(37)27-19-36(20-27)44(39,40)29-12-10-23(11-13-29)22-42-28-9-5-8-26(18-28)31(25-6-3-2-4-7-25)34-33(38)43-30-21-35-16-14-24(30)15-17-35/h2-13,18,24,27,30-31H,14-17,19-22H2,1H3,(H,34,38). The first kappa shape index (κ1) is 30.1. The molecule has 4 fully saturated rings. The number of fused-ring (bicyclic) bond motifs is 3. The predicted molar refractivity (Wildman–Crippen MR) is 162 cm³/mol. The molecule has 0 aliphatic carbocycles. The normalized spacial score (nSPS) is 22.4. The Balaban J connectivity index is 1.10. The molecule has 44 heavy (non-hydrogen) atoms. The summed E-state index contributed by atoms with van der Waals surface area (Å²) in [6.07, 6.45) is 1.60. The Hall–Kier alpha value is -3.93. The number of piperidine rings is 3. The topological polar surface area (TPSA) is 114 Å². The number of methoxy groups -OCH3 is 1. The molecule has 4 aliphatic rings. The molecule has 3 aromatic carbocycles. The first-order chi connectivity index (χ1) is 21.3. The number of nitrogens with zero attached hydrogens (tertiary/aromatic N) is 2. The SMILES string of the molecule is COC(=O)C1CN(S(=O)(=O)c2ccc(COc3cccc(C(NC(=O)OC4CN5CCC4CC5)c4ccccc4)c3)cc2)C1. The molecule has 11 heteroatoms. The Morgan fingerprint density at radius 3 is 2.27 bits per heavy atom. The Morgan fingerprint density at radius 2 is 1.61 bits per heavy atom. The lowest BCUT2D eigenvalue weighted by atomic mass is 9.86. The fourth-order valence-corrected chi connectivity index (χ4v) is 7.68. The summed E-state index contributed by atoms with van der Waals surface area (Å²) in [5.41, 5.74) is 2.57. The molecule has 0 saturated carbocycles. The number of esters is 1. The second kappa shape index (κ2) is 13.0. The summed E-state index contributed by atoms with van der Waals surface area (Å²) >= 11 is 0. The third kappa shape index (κ3) is 6.59. The third-order valence-corrected chi connectivity index (χ3v) is 10.6. The van der Waals surface area contributed by atoms with Gasteiger partial charge in [-0.1, -0.05) is 54.6 Å². The van der Waals surface area contributed by atoms with Crippen molar-refractivity contribution in [1.29, 1.82) is 0 Å². The second-order valence-electron chi connectivity index (χ2n) is 11.6. The molecular formula is C33H37N3O7S. The molecule has 10 nitrogen and oxygen atoms in total. The van der Waals surface area contributed by atoms with Crippen molar-refractivity contribution in [3.05, 3.63) is 95.6 Å². The Morgan fingerprint density at radius 1 is 0.909 bits per heavy atom. The lowest BCUT2D eigenvalue weighted by Gasteiger charge is -2.43. The van der Waals surface area contributed by atoms with Crippen LogP contribution in [0.15, 0.2) is 83.8 Å². The van der Waals surface area contributed by atoms with Gasteiger partial charge in [-0.3, -0.25) is 9.69 Å². The summed E-state index contributed by atoms with van der Waals surface area (Å²) in [6, 6.07) is 23.4. The number of hydrogen-bond donors (Lipinski definition) is 1. The molecule has 2 atom stereocenters. The smallest absolute Gasteiger partial charge is 0.408 e. The van der Waals surface area contributed by atoms with E-state index in [1.807, 2.05) is 54.6 Å². The molecule has 0 radical (unpaired) electrons. The van der Waals surface area contributed by atoms with Crippen LogP contribution in [0.1, 0.15) is 35.6 Å². The average Bonchev–Trinajstić information content (AvgIpc) is 3.03. The number of amides is 1. The van der Waals surface area contributed by atoms with Crippen LogP contribution in [0.4, 0.5) is 4.79 Å². The van der Waals surface area contributed by atoms with Gasteiger partial charge in [-0.15, -0.1) is 0 Å². The Labute approximate surface area is 257 Å². The fourth-order valence-electron chi connectivity index (χ4n) is 6.15. The largest absolute Gasteiger partial charge is 0.489 e. The lowest BCUT2D eigenvalue weighted by Crippen LogP contribution is -2.53. The molecule has 4 saturated heterocycles. The molecule has 0 aromatic heterocycles. The van der Waals surface area contributed by atoms with Crippen molar-refractivity contribution in [3.8, 4) is 5.75 Å². The zero-order chi connectivity index (χ0) is 30.7. The van der Waals surface area contributed by atoms with Gasteiger partial charge in [0, 0.05) is 19.6 Å². The summed E-state index contributed by atoms with van der Waals surface area (Å²) in [5, 5.41) is 3.09. The van der Waals surface area contributed by atoms with Gasteiger partial charge in [-0.2, -0.15) is 4.31 Å².